The molecule has 0 radical (unpaired) electrons. The number of halogens is 2. The Morgan fingerprint density at radius 2 is 1.12 bits per heavy atom. The van der Waals surface area contributed by atoms with Gasteiger partial charge in [-0.2, -0.15) is 0 Å². The van der Waals surface area contributed by atoms with Gasteiger partial charge in [-0.05, 0) is 6.42 Å². The van der Waals surface area contributed by atoms with E-state index in [1.807, 2.05) is 0 Å². The van der Waals surface area contributed by atoms with Gasteiger partial charge in [0.25, 0.3) is 0 Å². The van der Waals surface area contributed by atoms with Crippen LogP contribution in [-0.2, 0) is 0 Å². The van der Waals surface area contributed by atoms with Crippen molar-refractivity contribution in [3.8, 4) is 0 Å². The van der Waals surface area contributed by atoms with Crippen LogP contribution >= 0.6 is 0 Å². The Morgan fingerprint density at radius 1 is 0.760 bits per heavy atom. The minimum atomic E-state index is -0.864. The van der Waals surface area contributed by atoms with E-state index in [-0.39, 0.29) is 170 Å². The molecule has 2 aliphatic carbocycles. The molecule has 2 saturated carbocycles. The van der Waals surface area contributed by atoms with E-state index in [4.69, 9.17) is 31.3 Å². The first-order valence-electron chi connectivity index (χ1n) is 6.86. The van der Waals surface area contributed by atoms with Crippen LogP contribution in [0.5, 0.6) is 0 Å². The van der Waals surface area contributed by atoms with Gasteiger partial charge in [-0.1, -0.05) is 0 Å². The van der Waals surface area contributed by atoms with Crippen LogP contribution in [0.3, 0.4) is 0 Å². The smallest absolute Gasteiger partial charge is 1.00 e. The van der Waals surface area contributed by atoms with E-state index in [2.05, 4.69) is 5.73 Å². The minimum absolute atomic E-state index is 0. The van der Waals surface area contributed by atoms with Crippen molar-refractivity contribution in [1.29, 1.82) is 0 Å². The van der Waals surface area contributed by atoms with E-state index in [0.29, 0.717) is 12.8 Å². The number of quaternary nitrogens is 1. The molecule has 0 heterocycles. The molecule has 0 bridgehead atoms. The molecule has 25 heavy (non-hydrogen) atoms. The van der Waals surface area contributed by atoms with Gasteiger partial charge in [0.1, 0.15) is 12.1 Å². The summed E-state index contributed by atoms with van der Waals surface area (Å²) < 4.78 is 0. The second-order valence-electron chi connectivity index (χ2n) is 5.74. The molecule has 8 atom stereocenters. The maximum Gasteiger partial charge on any atom is 1.00 e. The van der Waals surface area contributed by atoms with Gasteiger partial charge in [0.2, 0.25) is 0 Å². The van der Waals surface area contributed by atoms with Gasteiger partial charge in [0, 0.05) is 37.5 Å². The molecule has 0 aliphatic heterocycles. The minimum Gasteiger partial charge on any atom is -1.00 e. The van der Waals surface area contributed by atoms with Crippen LogP contribution in [0.15, 0.2) is 0 Å². The van der Waals surface area contributed by atoms with Crippen molar-refractivity contribution in [3.63, 3.8) is 0 Å². The summed E-state index contributed by atoms with van der Waals surface area (Å²) in [5, 5.41) is 53.9. The van der Waals surface area contributed by atoms with Crippen molar-refractivity contribution >= 4 is 0 Å². The summed E-state index contributed by atoms with van der Waals surface area (Å²) in [5.74, 6) is -0.428. The molecular formula is C12H28Cl2K2N2O7. The molecule has 2 rings (SSSR count). The van der Waals surface area contributed by atoms with Gasteiger partial charge in [-0.3, -0.25) is 0 Å². The number of hydrogen-bond donors (Lipinski definition) is 8. The molecule has 2 aliphatic rings. The zero-order valence-corrected chi connectivity index (χ0v) is 22.4. The predicted octanol–water partition coefficient (Wildman–Crippen LogP) is -16.8. The summed E-state index contributed by atoms with van der Waals surface area (Å²) in [5.41, 5.74) is 9.06. The van der Waals surface area contributed by atoms with E-state index >= 15 is 0 Å². The Morgan fingerprint density at radius 3 is 1.28 bits per heavy atom. The number of aliphatic hydroxyl groups excluding tert-OH is 6. The maximum atomic E-state index is 9.18. The molecule has 2 fully saturated rings. The second-order valence-corrected chi connectivity index (χ2v) is 5.74. The molecule has 0 aromatic rings. The molecule has 0 aromatic carbocycles. The van der Waals surface area contributed by atoms with Crippen LogP contribution < -0.4 is 139 Å². The quantitative estimate of drug-likeness (QED) is 0.185. The first kappa shape index (κ1) is 39.0. The van der Waals surface area contributed by atoms with Crippen LogP contribution in [0.4, 0.5) is 0 Å². The van der Waals surface area contributed by atoms with E-state index in [1.165, 1.54) is 0 Å². The zero-order valence-electron chi connectivity index (χ0n) is 14.6. The topological polar surface area (TPSA) is 205 Å². The van der Waals surface area contributed by atoms with Crippen LogP contribution in [0.1, 0.15) is 12.8 Å². The number of nitrogens with two attached hydrogens (primary N) is 1. The standard InChI is InChI=1S/2C6H13NO3.2ClH.2K.H2O/c2*7-4-1-3(2-8)5(9)6(4)10;;;;;/h2*3-6,8-10H,1-2,7H2;2*1H;;;1H2/q;;;;2*+1;/p-2. The Kier molecular flexibility index (Phi) is 30.4. The molecular weight excluding hydrogens is 433 g/mol. The normalized spacial score (nSPS) is 38.4. The summed E-state index contributed by atoms with van der Waals surface area (Å²) >= 11 is 0. The number of aliphatic hydroxyl groups is 6. The van der Waals surface area contributed by atoms with Crippen LogP contribution in [-0.4, -0.2) is 85.8 Å². The zero-order chi connectivity index (χ0) is 15.4. The molecule has 8 unspecified atom stereocenters. The third-order valence-corrected chi connectivity index (χ3v) is 4.24. The summed E-state index contributed by atoms with van der Waals surface area (Å²) in [4.78, 5) is 0. The molecule has 12 N–H and O–H groups in total. The maximum absolute atomic E-state index is 9.18. The fourth-order valence-corrected chi connectivity index (χ4v) is 2.75. The fraction of sp³-hybridized carbons (Fsp3) is 1.00. The Labute approximate surface area is 245 Å². The molecule has 0 spiro atoms. The van der Waals surface area contributed by atoms with Crippen molar-refractivity contribution in [2.75, 3.05) is 13.2 Å². The van der Waals surface area contributed by atoms with E-state index in [9.17, 15) is 5.11 Å². The van der Waals surface area contributed by atoms with Gasteiger partial charge in [-0.25, -0.2) is 0 Å². The third kappa shape index (κ3) is 11.5. The Hall–Kier alpha value is 3.49. The average molecular weight is 461 g/mol. The molecule has 144 valence electrons. The molecule has 13 heteroatoms. The Bertz CT molecular complexity index is 289. The Balaban J connectivity index is -0.0000000889. The van der Waals surface area contributed by atoms with Gasteiger partial charge >= 0.3 is 103 Å². The largest absolute Gasteiger partial charge is 1.00 e. The first-order valence-corrected chi connectivity index (χ1v) is 6.86. The molecule has 0 amide bonds. The third-order valence-electron chi connectivity index (χ3n) is 4.24. The van der Waals surface area contributed by atoms with Crippen molar-refractivity contribution in [1.82, 2.24) is 0 Å². The fourth-order valence-electron chi connectivity index (χ4n) is 2.75. The van der Waals surface area contributed by atoms with Gasteiger partial charge in [0.05, 0.1) is 18.3 Å². The van der Waals surface area contributed by atoms with Gasteiger partial charge in [0.15, 0.2) is 0 Å². The summed E-state index contributed by atoms with van der Waals surface area (Å²) in [6.45, 7) is -0.170. The molecule has 0 aromatic heterocycles. The van der Waals surface area contributed by atoms with E-state index < -0.39 is 24.4 Å². The summed E-state index contributed by atoms with van der Waals surface area (Å²) in [6, 6.07) is -0.515. The molecule has 9 nitrogen and oxygen atoms in total. The van der Waals surface area contributed by atoms with Crippen molar-refractivity contribution in [3.05, 3.63) is 0 Å². The van der Waals surface area contributed by atoms with Crippen LogP contribution in [0, 0.1) is 11.8 Å². The SMILES string of the molecule is NC1CC(CO)C(O)C1O.[Cl-].[Cl-].[K+].[K+].[NH3+]C1CC(CO)C(O)C1O.[OH-]. The first-order chi connectivity index (χ1) is 9.33. The monoisotopic (exact) mass is 460 g/mol. The summed E-state index contributed by atoms with van der Waals surface area (Å²) in [6.07, 6.45) is -2.14. The van der Waals surface area contributed by atoms with E-state index in [1.54, 1.807) is 0 Å². The average Bonchev–Trinajstić information content (AvgIpc) is 2.84. The van der Waals surface area contributed by atoms with Crippen molar-refractivity contribution in [2.45, 2.75) is 49.3 Å². The number of rotatable bonds is 2. The van der Waals surface area contributed by atoms with E-state index in [0.717, 1.165) is 0 Å². The molecule has 0 saturated heterocycles. The van der Waals surface area contributed by atoms with Crippen LogP contribution in [0.25, 0.3) is 0 Å². The van der Waals surface area contributed by atoms with Crippen molar-refractivity contribution < 1.29 is 169 Å². The number of hydrogen-bond acceptors (Lipinski definition) is 8. The predicted molar refractivity (Wildman–Crippen MR) is 71.0 cm³/mol. The van der Waals surface area contributed by atoms with Gasteiger partial charge < -0.3 is 72.4 Å². The second kappa shape index (κ2) is 19.5. The van der Waals surface area contributed by atoms with Crippen LogP contribution in [0.2, 0.25) is 0 Å². The van der Waals surface area contributed by atoms with Crippen molar-refractivity contribution in [2.24, 2.45) is 17.6 Å². The summed E-state index contributed by atoms with van der Waals surface area (Å²) in [7, 11) is 0. The van der Waals surface area contributed by atoms with Gasteiger partial charge in [-0.15, -0.1) is 0 Å².